The summed E-state index contributed by atoms with van der Waals surface area (Å²) in [5.41, 5.74) is 2.94. The third kappa shape index (κ3) is 3.88. The summed E-state index contributed by atoms with van der Waals surface area (Å²) in [6, 6.07) is 18.2. The predicted octanol–water partition coefficient (Wildman–Crippen LogP) is 4.68. The van der Waals surface area contributed by atoms with E-state index in [9.17, 15) is 0 Å². The fourth-order valence-corrected chi connectivity index (χ4v) is 3.10. The first kappa shape index (κ1) is 17.2. The highest BCUT2D eigenvalue weighted by molar-refractivity contribution is 7.80. The minimum absolute atomic E-state index is 0.170. The van der Waals surface area contributed by atoms with Crippen molar-refractivity contribution in [2.75, 3.05) is 12.4 Å². The zero-order chi connectivity index (χ0) is 17.6. The van der Waals surface area contributed by atoms with E-state index in [0.29, 0.717) is 5.11 Å². The Labute approximate surface area is 153 Å². The number of aromatic nitrogens is 1. The number of ether oxygens (including phenoxy) is 1. The summed E-state index contributed by atoms with van der Waals surface area (Å²) in [5, 5.41) is 8.25. The van der Waals surface area contributed by atoms with Crippen molar-refractivity contribution in [3.63, 3.8) is 0 Å². The Morgan fingerprint density at radius 1 is 1.12 bits per heavy atom. The van der Waals surface area contributed by atoms with Gasteiger partial charge in [-0.2, -0.15) is 0 Å². The molecular formula is C20H21N3OS. The number of nitrogens with one attached hydrogen (secondary N) is 2. The number of nitrogens with zero attached hydrogens (tertiary/aromatic N) is 1. The maximum atomic E-state index is 5.53. The number of hydrogen-bond donors (Lipinski definition) is 2. The molecule has 4 nitrogen and oxygen atoms in total. The summed E-state index contributed by atoms with van der Waals surface area (Å²) in [6.45, 7) is 2.14. The number of fused-ring (bicyclic) bond motifs is 1. The van der Waals surface area contributed by atoms with E-state index in [2.05, 4.69) is 34.7 Å². The first-order valence-corrected chi connectivity index (χ1v) is 8.68. The van der Waals surface area contributed by atoms with Crippen molar-refractivity contribution in [1.29, 1.82) is 0 Å². The zero-order valence-electron chi connectivity index (χ0n) is 14.3. The minimum atomic E-state index is 0.170. The lowest BCUT2D eigenvalue weighted by molar-refractivity contribution is 0.419. The van der Waals surface area contributed by atoms with Gasteiger partial charge in [0, 0.05) is 17.3 Å². The standard InChI is InChI=1S/C20H21N3OS/c1-3-16(14-8-5-4-6-9-14)22-20(25)23-17-11-12-18(24-2)19-15(17)10-7-13-21-19/h4-13,16H,3H2,1-2H3,(H2,22,23,25). The summed E-state index contributed by atoms with van der Waals surface area (Å²) >= 11 is 5.53. The van der Waals surface area contributed by atoms with E-state index >= 15 is 0 Å². The van der Waals surface area contributed by atoms with Gasteiger partial charge in [-0.3, -0.25) is 4.98 Å². The molecule has 3 rings (SSSR count). The Bertz CT molecular complexity index is 867. The molecule has 0 saturated carbocycles. The molecule has 1 heterocycles. The molecule has 1 aromatic heterocycles. The lowest BCUT2D eigenvalue weighted by Crippen LogP contribution is -2.32. The van der Waals surface area contributed by atoms with Gasteiger partial charge >= 0.3 is 0 Å². The van der Waals surface area contributed by atoms with Crippen molar-refractivity contribution in [3.05, 3.63) is 66.4 Å². The summed E-state index contributed by atoms with van der Waals surface area (Å²) in [7, 11) is 1.65. The van der Waals surface area contributed by atoms with E-state index in [1.54, 1.807) is 13.3 Å². The molecular weight excluding hydrogens is 330 g/mol. The number of rotatable bonds is 5. The fraction of sp³-hybridized carbons (Fsp3) is 0.200. The Morgan fingerprint density at radius 2 is 1.92 bits per heavy atom. The van der Waals surface area contributed by atoms with Crippen molar-refractivity contribution < 1.29 is 4.74 Å². The van der Waals surface area contributed by atoms with Crippen molar-refractivity contribution >= 4 is 33.9 Å². The highest BCUT2D eigenvalue weighted by Gasteiger charge is 2.12. The molecule has 3 aromatic rings. The second kappa shape index (κ2) is 7.94. The number of pyridine rings is 1. The van der Waals surface area contributed by atoms with Crippen LogP contribution in [-0.2, 0) is 0 Å². The Kier molecular flexibility index (Phi) is 5.46. The molecule has 0 fully saturated rings. The summed E-state index contributed by atoms with van der Waals surface area (Å²) in [4.78, 5) is 4.42. The number of hydrogen-bond acceptors (Lipinski definition) is 3. The van der Waals surface area contributed by atoms with Gasteiger partial charge in [-0.1, -0.05) is 37.3 Å². The van der Waals surface area contributed by atoms with Crippen LogP contribution in [-0.4, -0.2) is 17.2 Å². The van der Waals surface area contributed by atoms with Gasteiger partial charge in [0.15, 0.2) is 5.11 Å². The highest BCUT2D eigenvalue weighted by atomic mass is 32.1. The smallest absolute Gasteiger partial charge is 0.171 e. The molecule has 128 valence electrons. The highest BCUT2D eigenvalue weighted by Crippen LogP contribution is 2.29. The lowest BCUT2D eigenvalue weighted by atomic mass is 10.1. The van der Waals surface area contributed by atoms with Gasteiger partial charge in [0.05, 0.1) is 13.2 Å². The molecule has 0 aliphatic heterocycles. The fourth-order valence-electron chi connectivity index (χ4n) is 2.84. The Balaban J connectivity index is 1.80. The van der Waals surface area contributed by atoms with Gasteiger partial charge in [0.2, 0.25) is 0 Å². The Morgan fingerprint density at radius 3 is 2.64 bits per heavy atom. The van der Waals surface area contributed by atoms with Gasteiger partial charge in [0.25, 0.3) is 0 Å². The maximum absolute atomic E-state index is 5.53. The molecule has 0 spiro atoms. The quantitative estimate of drug-likeness (QED) is 0.654. The molecule has 2 aromatic carbocycles. The van der Waals surface area contributed by atoms with Crippen molar-refractivity contribution in [3.8, 4) is 5.75 Å². The average molecular weight is 351 g/mol. The monoisotopic (exact) mass is 351 g/mol. The van der Waals surface area contributed by atoms with Gasteiger partial charge in [0.1, 0.15) is 11.3 Å². The number of thiocarbonyl (C=S) groups is 1. The second-order valence-corrected chi connectivity index (χ2v) is 6.09. The zero-order valence-corrected chi connectivity index (χ0v) is 15.1. The summed E-state index contributed by atoms with van der Waals surface area (Å²) in [6.07, 6.45) is 2.70. The van der Waals surface area contributed by atoms with Crippen LogP contribution in [0.15, 0.2) is 60.8 Å². The minimum Gasteiger partial charge on any atom is -0.494 e. The molecule has 2 N–H and O–H groups in total. The first-order valence-electron chi connectivity index (χ1n) is 8.27. The third-order valence-electron chi connectivity index (χ3n) is 4.12. The van der Waals surface area contributed by atoms with E-state index in [1.165, 1.54) is 5.56 Å². The van der Waals surface area contributed by atoms with Gasteiger partial charge in [-0.05, 0) is 48.5 Å². The van der Waals surface area contributed by atoms with Gasteiger partial charge < -0.3 is 15.4 Å². The van der Waals surface area contributed by atoms with Crippen molar-refractivity contribution in [1.82, 2.24) is 10.3 Å². The lowest BCUT2D eigenvalue weighted by Gasteiger charge is -2.20. The largest absolute Gasteiger partial charge is 0.494 e. The van der Waals surface area contributed by atoms with Crippen molar-refractivity contribution in [2.24, 2.45) is 0 Å². The predicted molar refractivity (Wildman–Crippen MR) is 107 cm³/mol. The SMILES string of the molecule is CCC(NC(=S)Nc1ccc(OC)c2ncccc12)c1ccccc1. The molecule has 1 unspecified atom stereocenters. The molecule has 5 heteroatoms. The summed E-state index contributed by atoms with van der Waals surface area (Å²) < 4.78 is 5.39. The normalized spacial score (nSPS) is 11.8. The molecule has 1 atom stereocenters. The van der Waals surface area contributed by atoms with Crippen LogP contribution < -0.4 is 15.4 Å². The molecule has 25 heavy (non-hydrogen) atoms. The van der Waals surface area contributed by atoms with Crippen molar-refractivity contribution in [2.45, 2.75) is 19.4 Å². The van der Waals surface area contributed by atoms with Crippen LogP contribution in [0, 0.1) is 0 Å². The first-order chi connectivity index (χ1) is 12.2. The topological polar surface area (TPSA) is 46.2 Å². The van der Waals surface area contributed by atoms with Gasteiger partial charge in [-0.25, -0.2) is 0 Å². The van der Waals surface area contributed by atoms with E-state index in [-0.39, 0.29) is 6.04 Å². The van der Waals surface area contributed by atoms with Crippen LogP contribution >= 0.6 is 12.2 Å². The van der Waals surface area contributed by atoms with E-state index in [4.69, 9.17) is 17.0 Å². The van der Waals surface area contributed by atoms with Crippen LogP contribution in [0.4, 0.5) is 5.69 Å². The number of methoxy groups -OCH3 is 1. The molecule has 0 saturated heterocycles. The maximum Gasteiger partial charge on any atom is 0.171 e. The molecule has 0 aliphatic rings. The van der Waals surface area contributed by atoms with Crippen LogP contribution in [0.2, 0.25) is 0 Å². The van der Waals surface area contributed by atoms with Crippen LogP contribution in [0.1, 0.15) is 24.9 Å². The summed E-state index contributed by atoms with van der Waals surface area (Å²) in [5.74, 6) is 0.746. The van der Waals surface area contributed by atoms with Gasteiger partial charge in [-0.15, -0.1) is 0 Å². The number of anilines is 1. The average Bonchev–Trinajstić information content (AvgIpc) is 2.67. The van der Waals surface area contributed by atoms with Crippen LogP contribution in [0.5, 0.6) is 5.75 Å². The third-order valence-corrected chi connectivity index (χ3v) is 4.34. The van der Waals surface area contributed by atoms with Crippen LogP contribution in [0.25, 0.3) is 10.9 Å². The molecule has 0 bridgehead atoms. The second-order valence-electron chi connectivity index (χ2n) is 5.68. The molecule has 0 aliphatic carbocycles. The number of benzene rings is 2. The van der Waals surface area contributed by atoms with Crippen LogP contribution in [0.3, 0.4) is 0 Å². The molecule has 0 radical (unpaired) electrons. The van der Waals surface area contributed by atoms with E-state index < -0.39 is 0 Å². The Hall–Kier alpha value is -2.66. The van der Waals surface area contributed by atoms with E-state index in [1.807, 2.05) is 42.5 Å². The molecule has 0 amide bonds. The van der Waals surface area contributed by atoms with E-state index in [0.717, 1.165) is 28.8 Å².